The first kappa shape index (κ1) is 16.0. The van der Waals surface area contributed by atoms with E-state index in [2.05, 4.69) is 0 Å². The van der Waals surface area contributed by atoms with Crippen molar-refractivity contribution in [3.05, 3.63) is 41.1 Å². The predicted molar refractivity (Wildman–Crippen MR) is 90.5 cm³/mol. The molecule has 0 N–H and O–H groups in total. The third-order valence-corrected chi connectivity index (χ3v) is 6.98. The number of aromatic nitrogens is 1. The molecular weight excluding hydrogens is 310 g/mol. The van der Waals surface area contributed by atoms with Gasteiger partial charge in [0.05, 0.1) is 21.5 Å². The van der Waals surface area contributed by atoms with Crippen molar-refractivity contribution in [3.8, 4) is 11.3 Å². The number of benzene rings is 1. The smallest absolute Gasteiger partial charge is 0.181 e. The summed E-state index contributed by atoms with van der Waals surface area (Å²) in [7, 11) is -1.29. The molecule has 1 aromatic heterocycles. The molecule has 0 bridgehead atoms. The lowest BCUT2D eigenvalue weighted by molar-refractivity contribution is 0.100. The van der Waals surface area contributed by atoms with E-state index in [1.54, 1.807) is 19.1 Å². The molecule has 1 fully saturated rings. The van der Waals surface area contributed by atoms with Gasteiger partial charge in [0.25, 0.3) is 0 Å². The van der Waals surface area contributed by atoms with Crippen LogP contribution in [0.4, 0.5) is 0 Å². The van der Waals surface area contributed by atoms with Crippen molar-refractivity contribution in [1.29, 1.82) is 0 Å². The summed E-state index contributed by atoms with van der Waals surface area (Å²) in [5.74, 6) is 0.0345. The Bertz CT molecular complexity index is 885. The van der Waals surface area contributed by atoms with Crippen molar-refractivity contribution >= 4 is 15.6 Å². The van der Waals surface area contributed by atoms with E-state index >= 15 is 0 Å². The standard InChI is InChI=1S/C18H21NO3S/c1-11-12(2)18(19(4)17(11)13(3)20)14-5-7-15(8-6-14)23(21,22)16-9-10-16/h5-8,16H,9-10H2,1-4H3. The fourth-order valence-corrected chi connectivity index (χ4v) is 4.91. The second-order valence-corrected chi connectivity index (χ2v) is 8.56. The molecular formula is C18H21NO3S. The summed E-state index contributed by atoms with van der Waals surface area (Å²) < 4.78 is 26.4. The molecule has 4 nitrogen and oxygen atoms in total. The normalized spacial score (nSPS) is 15.0. The first-order valence-electron chi connectivity index (χ1n) is 7.76. The number of carbonyl (C=O) groups is 1. The molecule has 1 aliphatic carbocycles. The maximum Gasteiger partial charge on any atom is 0.181 e. The fraction of sp³-hybridized carbons (Fsp3) is 0.389. The van der Waals surface area contributed by atoms with Gasteiger partial charge in [0.1, 0.15) is 0 Å². The molecule has 122 valence electrons. The van der Waals surface area contributed by atoms with Crippen LogP contribution in [0.1, 0.15) is 41.4 Å². The fourth-order valence-electron chi connectivity index (χ4n) is 3.25. The third kappa shape index (κ3) is 2.53. The molecule has 0 radical (unpaired) electrons. The minimum atomic E-state index is -3.16. The van der Waals surface area contributed by atoms with Crippen LogP contribution < -0.4 is 0 Å². The summed E-state index contributed by atoms with van der Waals surface area (Å²) in [5.41, 5.74) is 4.62. The van der Waals surface area contributed by atoms with Crippen molar-refractivity contribution in [2.45, 2.75) is 43.8 Å². The average Bonchev–Trinajstić information content (AvgIpc) is 3.29. The topological polar surface area (TPSA) is 56.1 Å². The minimum absolute atomic E-state index is 0.0345. The Kier molecular flexibility index (Phi) is 3.71. The van der Waals surface area contributed by atoms with E-state index in [1.165, 1.54) is 0 Å². The third-order valence-electron chi connectivity index (χ3n) is 4.70. The van der Waals surface area contributed by atoms with Crippen molar-refractivity contribution in [2.75, 3.05) is 0 Å². The summed E-state index contributed by atoms with van der Waals surface area (Å²) in [6, 6.07) is 7.03. The molecule has 1 saturated carbocycles. The highest BCUT2D eigenvalue weighted by atomic mass is 32.2. The largest absolute Gasteiger partial charge is 0.341 e. The Morgan fingerprint density at radius 1 is 1.09 bits per heavy atom. The summed E-state index contributed by atoms with van der Waals surface area (Å²) >= 11 is 0. The number of rotatable bonds is 4. The van der Waals surface area contributed by atoms with Crippen molar-refractivity contribution < 1.29 is 13.2 Å². The summed E-state index contributed by atoms with van der Waals surface area (Å²) in [6.45, 7) is 5.50. The number of carbonyl (C=O) groups excluding carboxylic acids is 1. The number of hydrogen-bond donors (Lipinski definition) is 0. The lowest BCUT2D eigenvalue weighted by Gasteiger charge is -2.09. The molecule has 0 aliphatic heterocycles. The van der Waals surface area contributed by atoms with E-state index in [0.717, 1.165) is 35.2 Å². The van der Waals surface area contributed by atoms with Gasteiger partial charge in [0.15, 0.2) is 15.6 Å². The van der Waals surface area contributed by atoms with Gasteiger partial charge in [-0.25, -0.2) is 8.42 Å². The van der Waals surface area contributed by atoms with E-state index in [9.17, 15) is 13.2 Å². The zero-order chi connectivity index (χ0) is 16.9. The van der Waals surface area contributed by atoms with Gasteiger partial charge in [-0.2, -0.15) is 0 Å². The molecule has 1 aliphatic rings. The van der Waals surface area contributed by atoms with E-state index in [4.69, 9.17) is 0 Å². The minimum Gasteiger partial charge on any atom is -0.341 e. The zero-order valence-corrected chi connectivity index (χ0v) is 14.7. The quantitative estimate of drug-likeness (QED) is 0.806. The van der Waals surface area contributed by atoms with Gasteiger partial charge < -0.3 is 4.57 Å². The van der Waals surface area contributed by atoms with Crippen LogP contribution in [0.2, 0.25) is 0 Å². The Labute approximate surface area is 137 Å². The second-order valence-electron chi connectivity index (χ2n) is 6.33. The van der Waals surface area contributed by atoms with Crippen LogP contribution in [-0.2, 0) is 16.9 Å². The monoisotopic (exact) mass is 331 g/mol. The van der Waals surface area contributed by atoms with E-state index in [-0.39, 0.29) is 11.0 Å². The molecule has 0 atom stereocenters. The maximum atomic E-state index is 12.3. The van der Waals surface area contributed by atoms with Gasteiger partial charge in [-0.15, -0.1) is 0 Å². The van der Waals surface area contributed by atoms with Crippen molar-refractivity contribution in [2.24, 2.45) is 7.05 Å². The molecule has 0 saturated heterocycles. The molecule has 5 heteroatoms. The van der Waals surface area contributed by atoms with Crippen LogP contribution in [0.15, 0.2) is 29.2 Å². The van der Waals surface area contributed by atoms with Crippen LogP contribution in [0, 0.1) is 13.8 Å². The first-order valence-corrected chi connectivity index (χ1v) is 9.31. The van der Waals surface area contributed by atoms with Gasteiger partial charge >= 0.3 is 0 Å². The highest BCUT2D eigenvalue weighted by molar-refractivity contribution is 7.92. The van der Waals surface area contributed by atoms with Gasteiger partial charge in [-0.1, -0.05) is 12.1 Å². The molecule has 1 aromatic carbocycles. The van der Waals surface area contributed by atoms with E-state index < -0.39 is 9.84 Å². The van der Waals surface area contributed by atoms with Crippen LogP contribution in [0.3, 0.4) is 0 Å². The highest BCUT2D eigenvalue weighted by Crippen LogP contribution is 2.35. The maximum absolute atomic E-state index is 12.3. The number of nitrogens with zero attached hydrogens (tertiary/aromatic N) is 1. The Balaban J connectivity index is 2.07. The Morgan fingerprint density at radius 3 is 2.09 bits per heavy atom. The predicted octanol–water partition coefficient (Wildman–Crippen LogP) is 3.45. The lowest BCUT2D eigenvalue weighted by Crippen LogP contribution is -2.07. The van der Waals surface area contributed by atoms with E-state index in [1.807, 2.05) is 37.6 Å². The van der Waals surface area contributed by atoms with Gasteiger partial charge in [0.2, 0.25) is 0 Å². The Morgan fingerprint density at radius 2 is 1.65 bits per heavy atom. The number of sulfone groups is 1. The number of ketones is 1. The van der Waals surface area contributed by atoms with Crippen molar-refractivity contribution in [3.63, 3.8) is 0 Å². The molecule has 0 amide bonds. The summed E-state index contributed by atoms with van der Waals surface area (Å²) in [6.07, 6.45) is 1.53. The molecule has 3 rings (SSSR count). The van der Waals surface area contributed by atoms with Gasteiger partial charge in [-0.3, -0.25) is 4.79 Å². The van der Waals surface area contributed by atoms with E-state index in [0.29, 0.717) is 10.6 Å². The number of Topliss-reactive ketones (excluding diaryl/α,β-unsaturated/α-hetero) is 1. The average molecular weight is 331 g/mol. The molecule has 1 heterocycles. The van der Waals surface area contributed by atoms with Gasteiger partial charge in [-0.05, 0) is 55.5 Å². The first-order chi connectivity index (χ1) is 10.7. The van der Waals surface area contributed by atoms with Crippen LogP contribution in [0.5, 0.6) is 0 Å². The second kappa shape index (κ2) is 5.34. The SMILES string of the molecule is CC(=O)c1c(C)c(C)c(-c2ccc(S(=O)(=O)C3CC3)cc2)n1C. The molecule has 23 heavy (non-hydrogen) atoms. The Hall–Kier alpha value is -1.88. The summed E-state index contributed by atoms with van der Waals surface area (Å²) in [4.78, 5) is 12.2. The summed E-state index contributed by atoms with van der Waals surface area (Å²) in [5, 5.41) is -0.198. The van der Waals surface area contributed by atoms with Crippen LogP contribution in [-0.4, -0.2) is 24.0 Å². The number of hydrogen-bond acceptors (Lipinski definition) is 3. The van der Waals surface area contributed by atoms with Crippen molar-refractivity contribution in [1.82, 2.24) is 4.57 Å². The van der Waals surface area contributed by atoms with Gasteiger partial charge in [0, 0.05) is 14.0 Å². The zero-order valence-electron chi connectivity index (χ0n) is 13.9. The molecule has 0 spiro atoms. The lowest BCUT2D eigenvalue weighted by atomic mass is 10.1. The highest BCUT2D eigenvalue weighted by Gasteiger charge is 2.36. The van der Waals surface area contributed by atoms with Crippen LogP contribution >= 0.6 is 0 Å². The molecule has 0 unspecified atom stereocenters. The molecule has 2 aromatic rings. The van der Waals surface area contributed by atoms with Crippen LogP contribution in [0.25, 0.3) is 11.3 Å².